The molecule has 4 heterocycles. The Kier molecular flexibility index (Phi) is 33.5. The highest BCUT2D eigenvalue weighted by atomic mass is 79.9. The lowest BCUT2D eigenvalue weighted by molar-refractivity contribution is -0.440. The number of hydrogen-bond donors (Lipinski definition) is 4. The molecule has 0 aliphatic carbocycles. The molecule has 4 N–H and O–H groups in total. The van der Waals surface area contributed by atoms with Crippen molar-refractivity contribution in [3.63, 3.8) is 0 Å². The lowest BCUT2D eigenvalue weighted by Gasteiger charge is -2.30. The standard InChI is InChI=1S/C49H58N2O4.C24H31NO2.C17H17NO5S.C15H14N2.BrH/c1-6-7-15-31-49(5)41-18-13-14-19-42(41)50(33-17-34-55-39-28-26-38(52)27-29-39)45(49)21-11-8-10-20-44-48(3,4)47-40-35-36(2)23-24-37(40)25-30-43(47)51(44)32-16-9-12-22-46(53)54;1-4-5-8-16-24(3)19(2)25(23-11-7-6-10-22(23)24)17-9-18-27-21-14-12-20(26)13-15-21;1-10-17(2,3)16-13-8-12(24(21,22)23)6-4-11(13)5-7-14(16)18(10)9-15(19)20;1-3-8-14(9-4-1)16-12-7-13-17-15-10-5-2-6-11-15;/h8,10-11,13-14,18-21,23-30,35H,6-7,9,12,15-17,22,31-34H2,1-5H3,(H-,52,53,54);6-7,10-15H,4-5,8-9,16-18H2,1-3H3;4-8H,9H2,1-3H3,(H-,19,20,21,22,23);1-6,8-13H,7H2;1H/p+1. The number of hydrogen-bond acceptors (Lipinski definition) is 12. The zero-order valence-corrected chi connectivity index (χ0v) is 76.2. The van der Waals surface area contributed by atoms with Gasteiger partial charge in [0.1, 0.15) is 39.7 Å². The number of carboxylic acid groups (broad SMARTS) is 2. The number of ether oxygens (including phenoxy) is 2. The van der Waals surface area contributed by atoms with Crippen LogP contribution in [-0.4, -0.2) is 128 Å². The molecule has 2 atom stereocenters. The summed E-state index contributed by atoms with van der Waals surface area (Å²) < 4.78 is 52.6. The lowest BCUT2D eigenvalue weighted by Crippen LogP contribution is -3.00. The second-order valence-electron chi connectivity index (χ2n) is 33.8. The van der Waals surface area contributed by atoms with Crippen LogP contribution in [0.1, 0.15) is 193 Å². The Balaban J connectivity index is 0.000000193. The quantitative estimate of drug-likeness (QED) is 0.00971. The number of aliphatic imine (C=N–C) groups is 2. The van der Waals surface area contributed by atoms with Crippen LogP contribution >= 0.6 is 0 Å². The van der Waals surface area contributed by atoms with Crippen molar-refractivity contribution in [2.24, 2.45) is 9.98 Å². The van der Waals surface area contributed by atoms with Crippen molar-refractivity contribution in [2.45, 2.75) is 199 Å². The average Bonchev–Trinajstić information content (AvgIpc) is 1.58. The summed E-state index contributed by atoms with van der Waals surface area (Å²) in [6.07, 6.45) is 29.9. The predicted molar refractivity (Wildman–Crippen MR) is 501 cm³/mol. The Morgan fingerprint density at radius 1 is 0.500 bits per heavy atom. The molecule has 124 heavy (non-hydrogen) atoms. The summed E-state index contributed by atoms with van der Waals surface area (Å²) in [5.74, 6) is 0.401. The van der Waals surface area contributed by atoms with Gasteiger partial charge >= 0.3 is 11.9 Å². The number of phenols is 2. The van der Waals surface area contributed by atoms with Crippen molar-refractivity contribution in [2.75, 3.05) is 44.3 Å². The van der Waals surface area contributed by atoms with E-state index in [4.69, 9.17) is 9.47 Å². The van der Waals surface area contributed by atoms with Gasteiger partial charge in [0.2, 0.25) is 23.6 Å². The minimum atomic E-state index is -4.56. The maximum atomic E-state index is 11.4. The number of aliphatic carboxylic acids is 2. The van der Waals surface area contributed by atoms with Crippen LogP contribution in [0.2, 0.25) is 0 Å². The highest BCUT2D eigenvalue weighted by Crippen LogP contribution is 2.52. The smallest absolute Gasteiger partial charge is 0.370 e. The Hall–Kier alpha value is -11.4. The van der Waals surface area contributed by atoms with Gasteiger partial charge in [-0.15, -0.1) is 0 Å². The summed E-state index contributed by atoms with van der Waals surface area (Å²) in [5.41, 5.74) is 17.2. The maximum absolute atomic E-state index is 11.4. The van der Waals surface area contributed by atoms with Gasteiger partial charge in [-0.05, 0) is 217 Å². The molecular formula is C105H122BrN6O11S+. The van der Waals surface area contributed by atoms with Crippen LogP contribution in [-0.2, 0) is 41.4 Å². The van der Waals surface area contributed by atoms with Crippen molar-refractivity contribution in [1.29, 1.82) is 0 Å². The second kappa shape index (κ2) is 43.8. The third-order valence-electron chi connectivity index (χ3n) is 24.4. The average molecular weight is 1760 g/mol. The third-order valence-corrected chi connectivity index (χ3v) is 25.3. The van der Waals surface area contributed by atoms with Crippen molar-refractivity contribution in [1.82, 2.24) is 0 Å². The Morgan fingerprint density at radius 2 is 1.02 bits per heavy atom. The first-order chi connectivity index (χ1) is 59.1. The monoisotopic (exact) mass is 1750 g/mol. The number of benzene rings is 10. The molecule has 19 heteroatoms. The van der Waals surface area contributed by atoms with Crippen LogP contribution in [0, 0.1) is 6.92 Å². The first kappa shape index (κ1) is 94.9. The number of allylic oxidation sites excluding steroid dienone is 6. The molecule has 0 fully saturated rings. The van der Waals surface area contributed by atoms with E-state index in [1.165, 1.54) is 124 Å². The molecule has 0 amide bonds. The molecule has 2 unspecified atom stereocenters. The molecule has 10 aromatic rings. The van der Waals surface area contributed by atoms with Gasteiger partial charge in [0, 0.05) is 116 Å². The van der Waals surface area contributed by atoms with E-state index in [0.717, 1.165) is 103 Å². The summed E-state index contributed by atoms with van der Waals surface area (Å²) in [6.45, 7) is 28.0. The minimum absolute atomic E-state index is 0. The first-order valence-corrected chi connectivity index (χ1v) is 44.9. The number of aromatic hydroxyl groups is 2. The number of unbranched alkanes of at least 4 members (excludes halogenated alkanes) is 6. The molecule has 0 aromatic heterocycles. The van der Waals surface area contributed by atoms with Crippen molar-refractivity contribution in [3.05, 3.63) is 282 Å². The second-order valence-corrected chi connectivity index (χ2v) is 35.1. The summed E-state index contributed by atoms with van der Waals surface area (Å²) in [5, 5.41) is 41.4. The number of fused-ring (bicyclic) bond motifs is 8. The van der Waals surface area contributed by atoms with Crippen LogP contribution in [0.15, 0.2) is 269 Å². The van der Waals surface area contributed by atoms with Crippen molar-refractivity contribution in [3.8, 4) is 23.0 Å². The van der Waals surface area contributed by atoms with Gasteiger partial charge in [0.15, 0.2) is 23.7 Å². The Bertz CT molecular complexity index is 5690. The highest BCUT2D eigenvalue weighted by Gasteiger charge is 2.49. The van der Waals surface area contributed by atoms with E-state index < -0.39 is 27.5 Å². The number of para-hydroxylation sites is 4. The fourth-order valence-electron chi connectivity index (χ4n) is 17.6. The number of halogens is 1. The van der Waals surface area contributed by atoms with E-state index >= 15 is 0 Å². The molecule has 0 radical (unpaired) electrons. The SMILES string of the molecule is C(CC=Nc1ccccc1)=Nc1ccccc1.CC1=[N+](CC(=O)O)c2ccc3ccc(S(=O)(=O)[O-])cc3c2C1(C)C.CCCCCC1(C)C(=CC=CC=CC2=[N+](CCCCCC(=O)O)c3ccc4ccc(C)cc4c3C2(C)C)N(CCCOc2ccc(O)cc2)c2ccccc21.CCCCCC1(C)C(C)=[N+](CCCOc2ccc(O)cc2)c2ccccc21.[Br-]. The van der Waals surface area contributed by atoms with Gasteiger partial charge in [0.25, 0.3) is 0 Å². The fourth-order valence-corrected chi connectivity index (χ4v) is 18.1. The van der Waals surface area contributed by atoms with Crippen LogP contribution in [0.5, 0.6) is 23.0 Å². The third kappa shape index (κ3) is 23.3. The molecule has 4 aliphatic heterocycles. The maximum Gasteiger partial charge on any atom is 0.370 e. The van der Waals surface area contributed by atoms with E-state index in [9.17, 15) is 43.0 Å². The molecule has 10 aromatic carbocycles. The van der Waals surface area contributed by atoms with Crippen LogP contribution in [0.3, 0.4) is 0 Å². The van der Waals surface area contributed by atoms with Gasteiger partial charge in [-0.3, -0.25) is 14.8 Å². The lowest BCUT2D eigenvalue weighted by atomic mass is 9.76. The molecule has 0 saturated carbocycles. The van der Waals surface area contributed by atoms with E-state index in [1.54, 1.807) is 41.0 Å². The van der Waals surface area contributed by atoms with Crippen LogP contribution < -0.4 is 31.4 Å². The van der Waals surface area contributed by atoms with Gasteiger partial charge < -0.3 is 56.3 Å². The molecular weight excluding hydrogens is 1630 g/mol. The predicted octanol–water partition coefficient (Wildman–Crippen LogP) is 20.9. The molecule has 4 aliphatic rings. The normalized spacial score (nSPS) is 16.9. The number of phenolic OH excluding ortho intramolecular Hbond substituents is 2. The topological polar surface area (TPSA) is 228 Å². The number of aryl methyl sites for hydroxylation is 1. The number of anilines is 1. The Morgan fingerprint density at radius 3 is 1.61 bits per heavy atom. The van der Waals surface area contributed by atoms with E-state index in [-0.39, 0.29) is 62.6 Å². The van der Waals surface area contributed by atoms with E-state index in [1.807, 2.05) is 124 Å². The molecule has 650 valence electrons. The minimum Gasteiger partial charge on any atom is -1.00 e. The zero-order chi connectivity index (χ0) is 87.9. The summed E-state index contributed by atoms with van der Waals surface area (Å²) in [7, 11) is -4.56. The molecule has 0 saturated heterocycles. The number of carbonyl (C=O) groups is 2. The summed E-state index contributed by atoms with van der Waals surface area (Å²) in [4.78, 5) is 33.2. The molecule has 14 rings (SSSR count). The number of nitrogens with zero attached hydrogens (tertiary/aromatic N) is 6. The van der Waals surface area contributed by atoms with Crippen LogP contribution in [0.4, 0.5) is 34.1 Å². The molecule has 17 nitrogen and oxygen atoms in total. The van der Waals surface area contributed by atoms with Gasteiger partial charge in [-0.1, -0.05) is 173 Å². The molecule has 0 spiro atoms. The zero-order valence-electron chi connectivity index (χ0n) is 73.8. The fraction of sp³-hybridized carbons (Fsp3) is 0.343. The number of carboxylic acids is 2. The van der Waals surface area contributed by atoms with E-state index in [2.05, 4.69) is 189 Å². The number of rotatable bonds is 34. The van der Waals surface area contributed by atoms with Gasteiger partial charge in [0.05, 0.1) is 45.7 Å². The van der Waals surface area contributed by atoms with Crippen LogP contribution in [0.25, 0.3) is 21.5 Å². The van der Waals surface area contributed by atoms with Crippen molar-refractivity contribution < 1.29 is 83.2 Å². The molecule has 0 bridgehead atoms. The largest absolute Gasteiger partial charge is 1.00 e. The van der Waals surface area contributed by atoms with Gasteiger partial charge in [-0.25, -0.2) is 13.2 Å². The van der Waals surface area contributed by atoms with Crippen molar-refractivity contribution >= 4 is 107 Å². The summed E-state index contributed by atoms with van der Waals surface area (Å²) >= 11 is 0. The summed E-state index contributed by atoms with van der Waals surface area (Å²) in [6, 6.07) is 70.6. The first-order valence-electron chi connectivity index (χ1n) is 43.5. The van der Waals surface area contributed by atoms with Gasteiger partial charge in [-0.2, -0.15) is 13.7 Å². The van der Waals surface area contributed by atoms with E-state index in [0.29, 0.717) is 25.0 Å². The Labute approximate surface area is 744 Å². The highest BCUT2D eigenvalue weighted by molar-refractivity contribution is 7.85.